The van der Waals surface area contributed by atoms with Gasteiger partial charge in [0.25, 0.3) is 11.8 Å². The second kappa shape index (κ2) is 8.08. The molecule has 2 heterocycles. The van der Waals surface area contributed by atoms with Crippen molar-refractivity contribution in [3.05, 3.63) is 95.4 Å². The van der Waals surface area contributed by atoms with E-state index in [0.29, 0.717) is 11.3 Å². The van der Waals surface area contributed by atoms with Gasteiger partial charge in [-0.05, 0) is 38.1 Å². The summed E-state index contributed by atoms with van der Waals surface area (Å²) >= 11 is 0. The molecule has 7 nitrogen and oxygen atoms in total. The van der Waals surface area contributed by atoms with E-state index in [2.05, 4.69) is 21.0 Å². The van der Waals surface area contributed by atoms with Crippen LogP contribution >= 0.6 is 0 Å². The Morgan fingerprint density at radius 3 is 2.20 bits per heavy atom. The molecule has 0 atom stereocenters. The first-order chi connectivity index (χ1) is 14.5. The lowest BCUT2D eigenvalue weighted by atomic mass is 10.1. The summed E-state index contributed by atoms with van der Waals surface area (Å²) in [5.41, 5.74) is 9.90. The fourth-order valence-corrected chi connectivity index (χ4v) is 3.41. The molecule has 0 aliphatic carbocycles. The summed E-state index contributed by atoms with van der Waals surface area (Å²) in [6, 6.07) is 22.7. The standard InChI is InChI=1S/C23H21N5O2/c1-15-13-19(16(2)28(15)18-11-7-4-8-12-18)22(29)26-27-23(30)21-14-20(24-25-21)17-9-5-3-6-10-17/h3-14H,1-2H3,(H,24,25)(H,26,29)(H,27,30). The van der Waals surface area contributed by atoms with Gasteiger partial charge in [-0.25, -0.2) is 0 Å². The van der Waals surface area contributed by atoms with Crippen LogP contribution in [0, 0.1) is 13.8 Å². The molecule has 0 aliphatic rings. The highest BCUT2D eigenvalue weighted by molar-refractivity contribution is 5.99. The van der Waals surface area contributed by atoms with Crippen LogP contribution in [0.1, 0.15) is 32.2 Å². The Morgan fingerprint density at radius 2 is 1.50 bits per heavy atom. The average Bonchev–Trinajstić information content (AvgIpc) is 3.38. The molecule has 30 heavy (non-hydrogen) atoms. The van der Waals surface area contributed by atoms with Crippen molar-refractivity contribution in [2.24, 2.45) is 0 Å². The summed E-state index contributed by atoms with van der Waals surface area (Å²) in [4.78, 5) is 25.1. The molecule has 0 unspecified atom stereocenters. The molecule has 2 aromatic carbocycles. The summed E-state index contributed by atoms with van der Waals surface area (Å²) in [5.74, 6) is -0.865. The van der Waals surface area contributed by atoms with Crippen LogP contribution in [-0.2, 0) is 0 Å². The normalized spacial score (nSPS) is 10.6. The molecule has 0 radical (unpaired) electrons. The minimum absolute atomic E-state index is 0.254. The van der Waals surface area contributed by atoms with Gasteiger partial charge in [-0.2, -0.15) is 5.10 Å². The first kappa shape index (κ1) is 19.2. The topological polar surface area (TPSA) is 91.8 Å². The smallest absolute Gasteiger partial charge is 0.287 e. The van der Waals surface area contributed by atoms with Crippen molar-refractivity contribution >= 4 is 11.8 Å². The highest BCUT2D eigenvalue weighted by Crippen LogP contribution is 2.20. The number of carbonyl (C=O) groups is 2. The van der Waals surface area contributed by atoms with E-state index < -0.39 is 5.91 Å². The second-order valence-electron chi connectivity index (χ2n) is 6.90. The summed E-state index contributed by atoms with van der Waals surface area (Å²) in [6.45, 7) is 3.81. The van der Waals surface area contributed by atoms with Gasteiger partial charge in [0.2, 0.25) is 0 Å². The highest BCUT2D eigenvalue weighted by atomic mass is 16.2. The van der Waals surface area contributed by atoms with Crippen molar-refractivity contribution in [2.45, 2.75) is 13.8 Å². The third-order valence-corrected chi connectivity index (χ3v) is 4.87. The van der Waals surface area contributed by atoms with Gasteiger partial charge in [0.05, 0.1) is 11.3 Å². The Labute approximate surface area is 173 Å². The van der Waals surface area contributed by atoms with Gasteiger partial charge in [-0.3, -0.25) is 25.5 Å². The van der Waals surface area contributed by atoms with E-state index in [1.54, 1.807) is 12.1 Å². The molecule has 150 valence electrons. The molecule has 7 heteroatoms. The van der Waals surface area contributed by atoms with Crippen molar-refractivity contribution < 1.29 is 9.59 Å². The Bertz CT molecular complexity index is 1190. The Morgan fingerprint density at radius 1 is 0.867 bits per heavy atom. The van der Waals surface area contributed by atoms with Gasteiger partial charge >= 0.3 is 0 Å². The van der Waals surface area contributed by atoms with Crippen LogP contribution in [0.2, 0.25) is 0 Å². The van der Waals surface area contributed by atoms with Crippen molar-refractivity contribution in [1.29, 1.82) is 0 Å². The van der Waals surface area contributed by atoms with Crippen LogP contribution in [0.15, 0.2) is 72.8 Å². The number of aromatic amines is 1. The number of benzene rings is 2. The lowest BCUT2D eigenvalue weighted by molar-refractivity contribution is 0.0843. The number of nitrogens with zero attached hydrogens (tertiary/aromatic N) is 2. The van der Waals surface area contributed by atoms with Gasteiger partial charge in [0.1, 0.15) is 5.69 Å². The molecule has 0 aliphatic heterocycles. The van der Waals surface area contributed by atoms with Crippen LogP contribution in [0.5, 0.6) is 0 Å². The number of rotatable bonds is 4. The molecule has 2 amide bonds. The Kier molecular flexibility index (Phi) is 5.17. The first-order valence-electron chi connectivity index (χ1n) is 9.50. The van der Waals surface area contributed by atoms with Crippen molar-refractivity contribution in [3.63, 3.8) is 0 Å². The molecule has 0 spiro atoms. The number of nitrogens with one attached hydrogen (secondary N) is 3. The first-order valence-corrected chi connectivity index (χ1v) is 9.50. The van der Waals surface area contributed by atoms with Crippen molar-refractivity contribution in [1.82, 2.24) is 25.6 Å². The molecule has 2 aromatic heterocycles. The number of para-hydroxylation sites is 1. The van der Waals surface area contributed by atoms with Gasteiger partial charge in [0, 0.05) is 22.6 Å². The van der Waals surface area contributed by atoms with E-state index in [4.69, 9.17) is 0 Å². The van der Waals surface area contributed by atoms with Gasteiger partial charge in [-0.1, -0.05) is 48.5 Å². The highest BCUT2D eigenvalue weighted by Gasteiger charge is 2.18. The van der Waals surface area contributed by atoms with Gasteiger partial charge < -0.3 is 4.57 Å². The van der Waals surface area contributed by atoms with E-state index in [0.717, 1.165) is 22.6 Å². The van der Waals surface area contributed by atoms with E-state index >= 15 is 0 Å². The monoisotopic (exact) mass is 399 g/mol. The Hall–Kier alpha value is -4.13. The number of hydrazine groups is 1. The van der Waals surface area contributed by atoms with Crippen LogP contribution in [0.4, 0.5) is 0 Å². The largest absolute Gasteiger partial charge is 0.318 e. The van der Waals surface area contributed by atoms with E-state index in [1.807, 2.05) is 79.1 Å². The molecule has 4 aromatic rings. The zero-order valence-electron chi connectivity index (χ0n) is 16.6. The summed E-state index contributed by atoms with van der Waals surface area (Å²) in [5, 5.41) is 6.85. The maximum atomic E-state index is 12.7. The summed E-state index contributed by atoms with van der Waals surface area (Å²) in [7, 11) is 0. The third kappa shape index (κ3) is 3.73. The minimum atomic E-state index is -0.477. The molecule has 0 bridgehead atoms. The van der Waals surface area contributed by atoms with E-state index in [9.17, 15) is 9.59 Å². The van der Waals surface area contributed by atoms with E-state index in [1.165, 1.54) is 0 Å². The number of aryl methyl sites for hydroxylation is 1. The fourth-order valence-electron chi connectivity index (χ4n) is 3.41. The Balaban J connectivity index is 1.45. The number of hydrogen-bond donors (Lipinski definition) is 3. The molecule has 4 rings (SSSR count). The minimum Gasteiger partial charge on any atom is -0.318 e. The summed E-state index contributed by atoms with van der Waals surface area (Å²) < 4.78 is 2.00. The molecular weight excluding hydrogens is 378 g/mol. The van der Waals surface area contributed by atoms with Crippen LogP contribution < -0.4 is 10.9 Å². The predicted molar refractivity (Wildman–Crippen MR) is 114 cm³/mol. The number of hydrogen-bond acceptors (Lipinski definition) is 3. The van der Waals surface area contributed by atoms with Gasteiger partial charge in [-0.15, -0.1) is 0 Å². The maximum absolute atomic E-state index is 12.7. The zero-order valence-corrected chi connectivity index (χ0v) is 16.6. The quantitative estimate of drug-likeness (QED) is 0.458. The molecule has 0 saturated heterocycles. The number of aromatic nitrogens is 3. The predicted octanol–water partition coefficient (Wildman–Crippen LogP) is 3.56. The van der Waals surface area contributed by atoms with Crippen molar-refractivity contribution in [3.8, 4) is 16.9 Å². The fraction of sp³-hybridized carbons (Fsp3) is 0.0870. The molecule has 0 fully saturated rings. The molecular formula is C23H21N5O2. The van der Waals surface area contributed by atoms with Crippen LogP contribution in [0.3, 0.4) is 0 Å². The molecule has 3 N–H and O–H groups in total. The number of carbonyl (C=O) groups excluding carboxylic acids is 2. The lowest BCUT2D eigenvalue weighted by Gasteiger charge is -2.10. The number of H-pyrrole nitrogens is 1. The third-order valence-electron chi connectivity index (χ3n) is 4.87. The van der Waals surface area contributed by atoms with E-state index in [-0.39, 0.29) is 11.6 Å². The second-order valence-corrected chi connectivity index (χ2v) is 6.90. The maximum Gasteiger partial charge on any atom is 0.287 e. The number of amides is 2. The average molecular weight is 399 g/mol. The SMILES string of the molecule is Cc1cc(C(=O)NNC(=O)c2cc(-c3ccccc3)n[nH]2)c(C)n1-c1ccccc1. The van der Waals surface area contributed by atoms with Crippen LogP contribution in [-0.4, -0.2) is 26.6 Å². The van der Waals surface area contributed by atoms with Gasteiger partial charge in [0.15, 0.2) is 0 Å². The summed E-state index contributed by atoms with van der Waals surface area (Å²) in [6.07, 6.45) is 0. The lowest BCUT2D eigenvalue weighted by Crippen LogP contribution is -2.41. The van der Waals surface area contributed by atoms with Crippen LogP contribution in [0.25, 0.3) is 16.9 Å². The zero-order chi connectivity index (χ0) is 21.1. The molecule has 0 saturated carbocycles. The van der Waals surface area contributed by atoms with Crippen molar-refractivity contribution in [2.75, 3.05) is 0 Å².